The van der Waals surface area contributed by atoms with Gasteiger partial charge in [-0.25, -0.2) is 0 Å². The van der Waals surface area contributed by atoms with Crippen molar-refractivity contribution in [2.24, 2.45) is 5.92 Å². The van der Waals surface area contributed by atoms with Crippen molar-refractivity contribution in [3.63, 3.8) is 0 Å². The fourth-order valence-electron chi connectivity index (χ4n) is 2.28. The van der Waals surface area contributed by atoms with Crippen LogP contribution in [0, 0.1) is 5.92 Å². The van der Waals surface area contributed by atoms with Gasteiger partial charge in [0.15, 0.2) is 0 Å². The number of likely N-dealkylation sites (tertiary alicyclic amines) is 1. The Morgan fingerprint density at radius 1 is 1.47 bits per heavy atom. The largest absolute Gasteiger partial charge is 0.351 e. The molecule has 1 fully saturated rings. The van der Waals surface area contributed by atoms with Crippen LogP contribution >= 0.6 is 43.2 Å². The van der Waals surface area contributed by atoms with E-state index in [1.807, 2.05) is 6.07 Å². The summed E-state index contributed by atoms with van der Waals surface area (Å²) in [6.45, 7) is 6.44. The second-order valence-corrected chi connectivity index (χ2v) is 8.28. The summed E-state index contributed by atoms with van der Waals surface area (Å²) in [4.78, 5) is 15.2. The molecule has 6 heteroatoms. The number of carbonyl (C=O) groups is 1. The first-order chi connectivity index (χ1) is 9.06. The lowest BCUT2D eigenvalue weighted by Crippen LogP contribution is -2.34. The zero-order chi connectivity index (χ0) is 13.8. The molecule has 1 atom stereocenters. The average molecular weight is 410 g/mol. The van der Waals surface area contributed by atoms with E-state index in [9.17, 15) is 4.79 Å². The van der Waals surface area contributed by atoms with E-state index in [1.165, 1.54) is 37.3 Å². The first-order valence-corrected chi connectivity index (χ1v) is 8.92. The normalized spacial score (nSPS) is 17.6. The molecule has 1 aliphatic rings. The van der Waals surface area contributed by atoms with Crippen LogP contribution in [0.15, 0.2) is 14.3 Å². The van der Waals surface area contributed by atoms with Crippen LogP contribution in [0.1, 0.15) is 29.4 Å². The summed E-state index contributed by atoms with van der Waals surface area (Å²) < 4.78 is 1.90. The summed E-state index contributed by atoms with van der Waals surface area (Å²) in [5.41, 5.74) is 0. The predicted molar refractivity (Wildman–Crippen MR) is 86.9 cm³/mol. The molecule has 106 valence electrons. The summed E-state index contributed by atoms with van der Waals surface area (Å²) in [5, 5.41) is 3.02. The lowest BCUT2D eigenvalue weighted by atomic mass is 10.1. The highest BCUT2D eigenvalue weighted by molar-refractivity contribution is 9.13. The van der Waals surface area contributed by atoms with Crippen LogP contribution in [0.2, 0.25) is 0 Å². The molecule has 0 bridgehead atoms. The van der Waals surface area contributed by atoms with E-state index >= 15 is 0 Å². The van der Waals surface area contributed by atoms with E-state index < -0.39 is 0 Å². The van der Waals surface area contributed by atoms with Gasteiger partial charge in [0.05, 0.1) is 8.66 Å². The van der Waals surface area contributed by atoms with Gasteiger partial charge in [0.1, 0.15) is 0 Å². The highest BCUT2D eigenvalue weighted by Crippen LogP contribution is 2.32. The molecule has 0 radical (unpaired) electrons. The van der Waals surface area contributed by atoms with E-state index in [4.69, 9.17) is 0 Å². The fraction of sp³-hybridized carbons (Fsp3) is 0.615. The molecular weight excluding hydrogens is 392 g/mol. The highest BCUT2D eigenvalue weighted by atomic mass is 79.9. The van der Waals surface area contributed by atoms with E-state index in [1.54, 1.807) is 0 Å². The SMILES string of the molecule is CC(CNC(=O)c1cc(Br)c(Br)s1)CN1CCCC1. The van der Waals surface area contributed by atoms with Crippen molar-refractivity contribution in [2.75, 3.05) is 26.2 Å². The summed E-state index contributed by atoms with van der Waals surface area (Å²) in [7, 11) is 0. The van der Waals surface area contributed by atoms with Crippen LogP contribution in [0.3, 0.4) is 0 Å². The van der Waals surface area contributed by atoms with Gasteiger partial charge in [-0.15, -0.1) is 11.3 Å². The summed E-state index contributed by atoms with van der Waals surface area (Å²) in [6.07, 6.45) is 2.63. The zero-order valence-corrected chi connectivity index (χ0v) is 14.9. The molecule has 0 aliphatic carbocycles. The van der Waals surface area contributed by atoms with E-state index in [0.717, 1.165) is 26.2 Å². The molecule has 1 aromatic heterocycles. The van der Waals surface area contributed by atoms with Crippen LogP contribution in [-0.2, 0) is 0 Å². The van der Waals surface area contributed by atoms with E-state index in [2.05, 4.69) is 49.0 Å². The Kier molecular flexibility index (Phi) is 5.87. The topological polar surface area (TPSA) is 32.3 Å². The maximum Gasteiger partial charge on any atom is 0.261 e. The van der Waals surface area contributed by atoms with Gasteiger partial charge in [-0.2, -0.15) is 0 Å². The van der Waals surface area contributed by atoms with Gasteiger partial charge < -0.3 is 10.2 Å². The fourth-order valence-corrected chi connectivity index (χ4v) is 4.24. The first kappa shape index (κ1) is 15.5. The van der Waals surface area contributed by atoms with Gasteiger partial charge in [-0.05, 0) is 69.8 Å². The maximum absolute atomic E-state index is 12.0. The van der Waals surface area contributed by atoms with Gasteiger partial charge in [0.25, 0.3) is 5.91 Å². The molecule has 19 heavy (non-hydrogen) atoms. The Labute approximate surface area is 135 Å². The molecule has 0 aromatic carbocycles. The number of carbonyl (C=O) groups excluding carboxylic acids is 1. The molecule has 1 amide bonds. The summed E-state index contributed by atoms with van der Waals surface area (Å²) in [6, 6.07) is 1.86. The quantitative estimate of drug-likeness (QED) is 0.803. The first-order valence-electron chi connectivity index (χ1n) is 6.51. The minimum Gasteiger partial charge on any atom is -0.351 e. The third-order valence-corrected chi connectivity index (χ3v) is 6.50. The number of nitrogens with zero attached hydrogens (tertiary/aromatic N) is 1. The number of nitrogens with one attached hydrogen (secondary N) is 1. The van der Waals surface area contributed by atoms with Gasteiger partial charge >= 0.3 is 0 Å². The second kappa shape index (κ2) is 7.20. The third kappa shape index (κ3) is 4.55. The van der Waals surface area contributed by atoms with Crippen molar-refractivity contribution >= 4 is 49.1 Å². The Balaban J connectivity index is 1.76. The van der Waals surface area contributed by atoms with Crippen molar-refractivity contribution in [3.05, 3.63) is 19.2 Å². The lowest BCUT2D eigenvalue weighted by molar-refractivity contribution is 0.0949. The summed E-state index contributed by atoms with van der Waals surface area (Å²) >= 11 is 8.26. The van der Waals surface area contributed by atoms with E-state index in [0.29, 0.717) is 5.92 Å². The van der Waals surface area contributed by atoms with Crippen molar-refractivity contribution < 1.29 is 4.79 Å². The molecule has 1 unspecified atom stereocenters. The molecule has 0 saturated carbocycles. The number of amides is 1. The molecule has 1 saturated heterocycles. The maximum atomic E-state index is 12.0. The molecular formula is C13H18Br2N2OS. The van der Waals surface area contributed by atoms with Crippen LogP contribution in [0.25, 0.3) is 0 Å². The van der Waals surface area contributed by atoms with E-state index in [-0.39, 0.29) is 5.91 Å². The number of thiophene rings is 1. The van der Waals surface area contributed by atoms with Crippen molar-refractivity contribution in [1.29, 1.82) is 0 Å². The Bertz CT molecular complexity index is 424. The number of hydrogen-bond donors (Lipinski definition) is 1. The molecule has 0 spiro atoms. The van der Waals surface area contributed by atoms with Gasteiger partial charge in [0, 0.05) is 17.6 Å². The average Bonchev–Trinajstić information content (AvgIpc) is 2.98. The van der Waals surface area contributed by atoms with Gasteiger partial charge in [0.2, 0.25) is 0 Å². The monoisotopic (exact) mass is 408 g/mol. The van der Waals surface area contributed by atoms with Crippen LogP contribution in [0.5, 0.6) is 0 Å². The van der Waals surface area contributed by atoms with Gasteiger partial charge in [-0.1, -0.05) is 6.92 Å². The molecule has 1 N–H and O–H groups in total. The Morgan fingerprint density at radius 3 is 2.74 bits per heavy atom. The molecule has 1 aliphatic heterocycles. The van der Waals surface area contributed by atoms with Crippen molar-refractivity contribution in [3.8, 4) is 0 Å². The predicted octanol–water partition coefficient (Wildman–Crippen LogP) is 3.73. The minimum absolute atomic E-state index is 0.0182. The second-order valence-electron chi connectivity index (χ2n) is 5.06. The number of rotatable bonds is 5. The zero-order valence-electron chi connectivity index (χ0n) is 10.9. The number of hydrogen-bond acceptors (Lipinski definition) is 3. The molecule has 3 nitrogen and oxygen atoms in total. The van der Waals surface area contributed by atoms with Gasteiger partial charge in [-0.3, -0.25) is 4.79 Å². The minimum atomic E-state index is 0.0182. The van der Waals surface area contributed by atoms with Crippen molar-refractivity contribution in [1.82, 2.24) is 10.2 Å². The standard InChI is InChI=1S/C13H18Br2N2OS/c1-9(8-17-4-2-3-5-17)7-16-13(18)11-6-10(14)12(15)19-11/h6,9H,2-5,7-8H2,1H3,(H,16,18). The lowest BCUT2D eigenvalue weighted by Gasteiger charge is -2.20. The third-order valence-electron chi connectivity index (χ3n) is 3.25. The van der Waals surface area contributed by atoms with Crippen LogP contribution < -0.4 is 5.32 Å². The Morgan fingerprint density at radius 2 is 2.16 bits per heavy atom. The molecule has 2 heterocycles. The molecule has 2 rings (SSSR count). The van der Waals surface area contributed by atoms with Crippen LogP contribution in [-0.4, -0.2) is 37.0 Å². The molecule has 1 aromatic rings. The Hall–Kier alpha value is 0.0900. The summed E-state index contributed by atoms with van der Waals surface area (Å²) in [5.74, 6) is 0.513. The van der Waals surface area contributed by atoms with Crippen LogP contribution in [0.4, 0.5) is 0 Å². The highest BCUT2D eigenvalue weighted by Gasteiger charge is 2.16. The smallest absolute Gasteiger partial charge is 0.261 e. The van der Waals surface area contributed by atoms with Crippen molar-refractivity contribution in [2.45, 2.75) is 19.8 Å². The number of halogens is 2.